The second-order valence-corrected chi connectivity index (χ2v) is 8.17. The number of anilines is 1. The average molecular weight is 454 g/mol. The van der Waals surface area contributed by atoms with Crippen LogP contribution < -0.4 is 4.90 Å². The molecule has 33 heavy (non-hydrogen) atoms. The molecule has 0 N–H and O–H groups in total. The first-order valence-electron chi connectivity index (χ1n) is 10.3. The summed E-state index contributed by atoms with van der Waals surface area (Å²) in [6.07, 6.45) is 0.949. The van der Waals surface area contributed by atoms with E-state index in [-0.39, 0.29) is 6.61 Å². The summed E-state index contributed by atoms with van der Waals surface area (Å²) in [5.74, 6) is -0.623. The van der Waals surface area contributed by atoms with Crippen LogP contribution in [0.2, 0.25) is 5.02 Å². The number of halogens is 1. The molecule has 0 aliphatic carbocycles. The second-order valence-electron chi connectivity index (χ2n) is 7.73. The van der Waals surface area contributed by atoms with Crippen LogP contribution in [0.15, 0.2) is 91.5 Å². The number of carbonyl (C=O) groups is 1. The highest BCUT2D eigenvalue weighted by molar-refractivity contribution is 6.30. The number of amides is 1. The lowest BCUT2D eigenvalue weighted by Gasteiger charge is -2.46. The SMILES string of the molecule is C=C[C@@H]1c2ccccc2N(C(=O)OCc2ccccc2)[C@H](c2ccc(Cl)cc2)C1(C#N)C#N. The Morgan fingerprint density at radius 1 is 1.03 bits per heavy atom. The maximum absolute atomic E-state index is 13.5. The molecule has 5 nitrogen and oxygen atoms in total. The summed E-state index contributed by atoms with van der Waals surface area (Å²) in [6, 6.07) is 26.8. The van der Waals surface area contributed by atoms with E-state index in [4.69, 9.17) is 16.3 Å². The number of nitriles is 2. The standard InChI is InChI=1S/C27H20ClN3O2/c1-2-23-22-10-6-7-11-24(22)31(26(32)33-16-19-8-4-3-5-9-19)25(27(23,17-29)18-30)20-12-14-21(28)15-13-20/h2-15,23,25H,1,16H2/t23-,25-/m1/s1. The van der Waals surface area contributed by atoms with Gasteiger partial charge in [0.1, 0.15) is 6.61 Å². The van der Waals surface area contributed by atoms with E-state index >= 15 is 0 Å². The number of hydrogen-bond donors (Lipinski definition) is 0. The monoisotopic (exact) mass is 453 g/mol. The quantitative estimate of drug-likeness (QED) is 0.420. The zero-order valence-electron chi connectivity index (χ0n) is 17.7. The summed E-state index contributed by atoms with van der Waals surface area (Å²) in [5, 5.41) is 21.2. The summed E-state index contributed by atoms with van der Waals surface area (Å²) in [5.41, 5.74) is 1.03. The Morgan fingerprint density at radius 2 is 1.67 bits per heavy atom. The lowest BCUT2D eigenvalue weighted by molar-refractivity contribution is 0.139. The maximum Gasteiger partial charge on any atom is 0.415 e. The lowest BCUT2D eigenvalue weighted by atomic mass is 9.64. The van der Waals surface area contributed by atoms with E-state index in [2.05, 4.69) is 18.7 Å². The van der Waals surface area contributed by atoms with Crippen LogP contribution in [0, 0.1) is 28.1 Å². The Labute approximate surface area is 197 Å². The van der Waals surface area contributed by atoms with Gasteiger partial charge in [0.25, 0.3) is 0 Å². The molecule has 1 heterocycles. The number of allylic oxidation sites excluding steroid dienone is 1. The first-order chi connectivity index (χ1) is 16.1. The molecule has 0 unspecified atom stereocenters. The van der Waals surface area contributed by atoms with Crippen molar-refractivity contribution in [2.45, 2.75) is 18.6 Å². The summed E-state index contributed by atoms with van der Waals surface area (Å²) in [6.45, 7) is 3.96. The first-order valence-corrected chi connectivity index (χ1v) is 10.7. The van der Waals surface area contributed by atoms with Crippen molar-refractivity contribution in [2.24, 2.45) is 5.41 Å². The van der Waals surface area contributed by atoms with Gasteiger partial charge in [-0.05, 0) is 34.9 Å². The molecule has 3 aromatic rings. The lowest BCUT2D eigenvalue weighted by Crippen LogP contribution is -2.50. The van der Waals surface area contributed by atoms with Crippen LogP contribution in [0.25, 0.3) is 0 Å². The van der Waals surface area contributed by atoms with Crippen LogP contribution in [0.4, 0.5) is 10.5 Å². The highest BCUT2D eigenvalue weighted by atomic mass is 35.5. The van der Waals surface area contributed by atoms with Crippen molar-refractivity contribution >= 4 is 23.4 Å². The van der Waals surface area contributed by atoms with E-state index in [0.717, 1.165) is 5.56 Å². The zero-order chi connectivity index (χ0) is 23.4. The van der Waals surface area contributed by atoms with E-state index in [0.29, 0.717) is 21.8 Å². The normalized spacial score (nSPS) is 18.3. The van der Waals surface area contributed by atoms with E-state index in [1.165, 1.54) is 4.90 Å². The number of para-hydroxylation sites is 1. The molecule has 1 amide bonds. The van der Waals surface area contributed by atoms with Crippen molar-refractivity contribution in [1.82, 2.24) is 0 Å². The third kappa shape index (κ3) is 3.84. The van der Waals surface area contributed by atoms with Gasteiger partial charge in [-0.1, -0.05) is 78.3 Å². The number of nitrogens with zero attached hydrogens (tertiary/aromatic N) is 3. The molecule has 0 aromatic heterocycles. The number of rotatable bonds is 4. The number of ether oxygens (including phenoxy) is 1. The van der Waals surface area contributed by atoms with E-state index < -0.39 is 23.5 Å². The highest BCUT2D eigenvalue weighted by Crippen LogP contribution is 2.56. The van der Waals surface area contributed by atoms with Gasteiger partial charge in [0.2, 0.25) is 0 Å². The Hall–Kier alpha value is -4.06. The van der Waals surface area contributed by atoms with Gasteiger partial charge in [0.05, 0.1) is 23.9 Å². The van der Waals surface area contributed by atoms with E-state index in [1.807, 2.05) is 36.4 Å². The number of carbonyl (C=O) groups excluding carboxylic acids is 1. The Bertz CT molecular complexity index is 1250. The molecule has 0 fully saturated rings. The van der Waals surface area contributed by atoms with Gasteiger partial charge in [0.15, 0.2) is 5.41 Å². The predicted molar refractivity (Wildman–Crippen MR) is 126 cm³/mol. The molecule has 4 rings (SSSR count). The summed E-state index contributed by atoms with van der Waals surface area (Å²) in [4.78, 5) is 14.9. The Balaban J connectivity index is 1.88. The van der Waals surface area contributed by atoms with Crippen LogP contribution in [-0.2, 0) is 11.3 Å². The molecule has 0 radical (unpaired) electrons. The van der Waals surface area contributed by atoms with Crippen molar-refractivity contribution in [3.8, 4) is 12.1 Å². The average Bonchev–Trinajstić information content (AvgIpc) is 2.87. The van der Waals surface area contributed by atoms with Crippen LogP contribution in [-0.4, -0.2) is 6.09 Å². The Morgan fingerprint density at radius 3 is 2.30 bits per heavy atom. The summed E-state index contributed by atoms with van der Waals surface area (Å²) >= 11 is 6.09. The van der Waals surface area contributed by atoms with Crippen LogP contribution in [0.5, 0.6) is 0 Å². The van der Waals surface area contributed by atoms with Crippen LogP contribution in [0.1, 0.15) is 28.7 Å². The minimum Gasteiger partial charge on any atom is -0.444 e. The van der Waals surface area contributed by atoms with Gasteiger partial charge in [-0.25, -0.2) is 4.79 Å². The fourth-order valence-corrected chi connectivity index (χ4v) is 4.50. The van der Waals surface area contributed by atoms with Gasteiger partial charge < -0.3 is 4.74 Å². The number of benzene rings is 3. The summed E-state index contributed by atoms with van der Waals surface area (Å²) in [7, 11) is 0. The fraction of sp³-hybridized carbons (Fsp3) is 0.148. The molecular formula is C27H20ClN3O2. The van der Waals surface area contributed by atoms with Gasteiger partial charge in [-0.15, -0.1) is 6.58 Å². The second kappa shape index (κ2) is 9.20. The molecular weight excluding hydrogens is 434 g/mol. The van der Waals surface area contributed by atoms with Crippen LogP contribution >= 0.6 is 11.6 Å². The first kappa shape index (κ1) is 22.1. The van der Waals surface area contributed by atoms with Crippen molar-refractivity contribution in [3.05, 3.63) is 113 Å². The summed E-state index contributed by atoms with van der Waals surface area (Å²) < 4.78 is 5.67. The topological polar surface area (TPSA) is 77.1 Å². The molecule has 2 atom stereocenters. The molecule has 0 bridgehead atoms. The third-order valence-corrected chi connectivity index (χ3v) is 6.16. The molecule has 1 aliphatic heterocycles. The smallest absolute Gasteiger partial charge is 0.415 e. The highest BCUT2D eigenvalue weighted by Gasteiger charge is 2.56. The van der Waals surface area contributed by atoms with Crippen molar-refractivity contribution in [1.29, 1.82) is 10.5 Å². The Kier molecular flexibility index (Phi) is 6.18. The molecule has 3 aromatic carbocycles. The maximum atomic E-state index is 13.5. The molecule has 6 heteroatoms. The van der Waals surface area contributed by atoms with Gasteiger partial charge in [0, 0.05) is 10.9 Å². The largest absolute Gasteiger partial charge is 0.444 e. The van der Waals surface area contributed by atoms with Gasteiger partial charge >= 0.3 is 6.09 Å². The molecule has 0 saturated heterocycles. The van der Waals surface area contributed by atoms with Crippen LogP contribution in [0.3, 0.4) is 0 Å². The number of fused-ring (bicyclic) bond motifs is 1. The molecule has 1 aliphatic rings. The number of hydrogen-bond acceptors (Lipinski definition) is 4. The molecule has 162 valence electrons. The molecule has 0 saturated carbocycles. The third-order valence-electron chi connectivity index (χ3n) is 5.90. The van der Waals surface area contributed by atoms with Crippen molar-refractivity contribution in [2.75, 3.05) is 4.90 Å². The minimum absolute atomic E-state index is 0.0582. The van der Waals surface area contributed by atoms with Crippen molar-refractivity contribution in [3.63, 3.8) is 0 Å². The van der Waals surface area contributed by atoms with Gasteiger partial charge in [-0.2, -0.15) is 10.5 Å². The minimum atomic E-state index is -1.63. The van der Waals surface area contributed by atoms with E-state index in [1.54, 1.807) is 48.5 Å². The van der Waals surface area contributed by atoms with E-state index in [9.17, 15) is 15.3 Å². The zero-order valence-corrected chi connectivity index (χ0v) is 18.4. The van der Waals surface area contributed by atoms with Gasteiger partial charge in [-0.3, -0.25) is 4.90 Å². The predicted octanol–water partition coefficient (Wildman–Crippen LogP) is 6.54. The molecule has 0 spiro atoms. The van der Waals surface area contributed by atoms with Crippen molar-refractivity contribution < 1.29 is 9.53 Å². The fourth-order valence-electron chi connectivity index (χ4n) is 4.38.